The van der Waals surface area contributed by atoms with Crippen molar-refractivity contribution in [2.45, 2.75) is 11.4 Å². The number of nitrogens with two attached hydrogens (primary N) is 1. The van der Waals surface area contributed by atoms with Crippen LogP contribution >= 0.6 is 30.9 Å². The largest absolute Gasteiger partial charge is 0.756 e. The van der Waals surface area contributed by atoms with Crippen LogP contribution in [0.15, 0.2) is 34.5 Å². The lowest BCUT2D eigenvalue weighted by Crippen LogP contribution is -2.71. The third kappa shape index (κ3) is 7.85. The second-order valence-electron chi connectivity index (χ2n) is 6.41. The van der Waals surface area contributed by atoms with E-state index >= 15 is 0 Å². The second-order valence-corrected chi connectivity index (χ2v) is 9.39. The first kappa shape index (κ1) is 30.7. The van der Waals surface area contributed by atoms with Gasteiger partial charge in [-0.15, -0.1) is 23.1 Å². The van der Waals surface area contributed by atoms with Crippen LogP contribution in [0.5, 0.6) is 0 Å². The van der Waals surface area contributed by atoms with Crippen LogP contribution in [0.25, 0.3) is 0 Å². The average molecular weight is 568 g/mol. The lowest BCUT2D eigenvalue weighted by Gasteiger charge is -2.49. The Hall–Kier alpha value is -3.32. The van der Waals surface area contributed by atoms with E-state index in [1.165, 1.54) is 23.2 Å². The number of thiazole rings is 1. The van der Waals surface area contributed by atoms with Gasteiger partial charge in [0.15, 0.2) is 10.8 Å². The molecule has 20 heteroatoms. The van der Waals surface area contributed by atoms with Crippen molar-refractivity contribution in [3.63, 3.8) is 0 Å². The number of thioether (sulfide) groups is 1. The number of rotatable bonds is 8. The smallest absolute Gasteiger partial charge is 0.352 e. The summed E-state index contributed by atoms with van der Waals surface area (Å²) in [6.07, 6.45) is 1.38. The van der Waals surface area contributed by atoms with Gasteiger partial charge in [0.25, 0.3) is 19.6 Å². The predicted molar refractivity (Wildman–Crippen MR) is 125 cm³/mol. The summed E-state index contributed by atoms with van der Waals surface area (Å²) >= 11 is 2.30. The maximum absolute atomic E-state index is 12.7. The molecule has 0 bridgehead atoms. The molecule has 3 rings (SSSR count). The molecule has 0 spiro atoms. The van der Waals surface area contributed by atoms with E-state index in [-0.39, 0.29) is 28.4 Å². The minimum atomic E-state index is -4.89. The minimum absolute atomic E-state index is 0. The summed E-state index contributed by atoms with van der Waals surface area (Å²) < 4.78 is 8.77. The van der Waals surface area contributed by atoms with E-state index in [1.807, 2.05) is 0 Å². The molecule has 1 saturated heterocycles. The standard InChI is InChI=1S/C16H15N5O7S2.H3N.H3O4P/c1-2-6-4-29-14-10(13(25)21(14)11(6)15(26)27)19-12(24)9(20-28-3-8(22)23)7-5-30-16(17)18-7;;1-5(2,3)4/h2,5,10,14H,1,3-4H2,(H2,17,18)(H,19,24)(H,22,23)(H,26,27);1H3;(H3,1,2,3,4)/b20-9-;;. The van der Waals surface area contributed by atoms with E-state index in [0.29, 0.717) is 11.3 Å². The number of carbonyl (C=O) groups is 4. The number of quaternary nitrogens is 1. The fourth-order valence-corrected chi connectivity index (χ4v) is 4.65. The zero-order valence-corrected chi connectivity index (χ0v) is 20.8. The first-order valence-electron chi connectivity index (χ1n) is 8.98. The van der Waals surface area contributed by atoms with E-state index in [4.69, 9.17) is 30.1 Å². The maximum Gasteiger partial charge on any atom is 0.352 e. The van der Waals surface area contributed by atoms with Gasteiger partial charge in [0.2, 0.25) is 6.61 Å². The number of phosphoric acid groups is 1. The van der Waals surface area contributed by atoms with Crippen molar-refractivity contribution in [1.82, 2.24) is 21.4 Å². The molecule has 0 aromatic carbocycles. The summed E-state index contributed by atoms with van der Waals surface area (Å²) in [5, 5.41) is 25.0. The molecule has 0 saturated carbocycles. The topological polar surface area (TPSA) is 302 Å². The molecule has 1 aromatic rings. The molecule has 2 amide bonds. The van der Waals surface area contributed by atoms with Crippen molar-refractivity contribution in [1.29, 1.82) is 0 Å². The van der Waals surface area contributed by atoms with Gasteiger partial charge >= 0.3 is 11.9 Å². The van der Waals surface area contributed by atoms with Gasteiger partial charge in [-0.05, 0) is 5.57 Å². The van der Waals surface area contributed by atoms with E-state index in [2.05, 4.69) is 26.9 Å². The number of aromatic nitrogens is 1. The van der Waals surface area contributed by atoms with E-state index in [0.717, 1.165) is 16.2 Å². The molecule has 0 radical (unpaired) electrons. The van der Waals surface area contributed by atoms with E-state index < -0.39 is 49.6 Å². The summed E-state index contributed by atoms with van der Waals surface area (Å²) in [5.74, 6) is -3.72. The van der Waals surface area contributed by atoms with Crippen LogP contribution in [0.4, 0.5) is 5.13 Å². The molecule has 1 fully saturated rings. The van der Waals surface area contributed by atoms with Crippen LogP contribution in [0.1, 0.15) is 5.69 Å². The molecule has 0 aliphatic carbocycles. The summed E-state index contributed by atoms with van der Waals surface area (Å²) in [4.78, 5) is 80.0. The van der Waals surface area contributed by atoms with Gasteiger partial charge in [-0.3, -0.25) is 19.1 Å². The van der Waals surface area contributed by atoms with Gasteiger partial charge in [0.1, 0.15) is 22.8 Å². The zero-order chi connectivity index (χ0) is 26.5. The second kappa shape index (κ2) is 12.6. The molecule has 2 unspecified atom stereocenters. The molecule has 3 heterocycles. The number of nitrogen functional groups attached to an aromatic ring is 1. The Morgan fingerprint density at radius 3 is 2.50 bits per heavy atom. The fraction of sp³-hybridized carbons (Fsp3) is 0.250. The van der Waals surface area contributed by atoms with Crippen LogP contribution in [-0.4, -0.2) is 83.1 Å². The number of carboxylic acid groups (broad SMARTS) is 2. The van der Waals surface area contributed by atoms with Crippen molar-refractivity contribution in [3.05, 3.63) is 35.0 Å². The van der Waals surface area contributed by atoms with E-state index in [1.54, 1.807) is 0 Å². The van der Waals surface area contributed by atoms with Gasteiger partial charge in [-0.2, -0.15) is 0 Å². The Morgan fingerprint density at radius 2 is 2.03 bits per heavy atom. The van der Waals surface area contributed by atoms with Crippen LogP contribution in [0.3, 0.4) is 0 Å². The Labute approximate surface area is 210 Å². The Kier molecular flexibility index (Phi) is 10.7. The number of nitrogens with one attached hydrogen (secondary N) is 1. The van der Waals surface area contributed by atoms with Crippen LogP contribution in [-0.2, 0) is 28.6 Å². The molecule has 2 aliphatic rings. The van der Waals surface area contributed by atoms with Crippen molar-refractivity contribution >= 4 is 65.5 Å². The molecular formula is C16H21N6O11PS2. The number of aliphatic carboxylic acids is 2. The van der Waals surface area contributed by atoms with Gasteiger partial charge in [-0.1, -0.05) is 17.8 Å². The number of β-lactam (4-membered cyclic amide) rings is 1. The predicted octanol–water partition coefficient (Wildman–Crippen LogP) is -1.73. The average Bonchev–Trinajstić information content (AvgIpc) is 3.17. The van der Waals surface area contributed by atoms with Crippen molar-refractivity contribution in [2.75, 3.05) is 18.1 Å². The van der Waals surface area contributed by atoms with Gasteiger partial charge in [-0.25, -0.2) is 14.6 Å². The first-order chi connectivity index (χ1) is 16.2. The number of nitrogens with zero attached hydrogens (tertiary/aromatic N) is 3. The summed E-state index contributed by atoms with van der Waals surface area (Å²) in [6, 6.07) is -1.01. The number of fused-ring (bicyclic) bond motifs is 1. The summed E-state index contributed by atoms with van der Waals surface area (Å²) in [6.45, 7) is 2.77. The highest BCUT2D eigenvalue weighted by atomic mass is 32.2. The lowest BCUT2D eigenvalue weighted by atomic mass is 10.0. The number of anilines is 1. The number of hydrogen-bond acceptors (Lipinski definition) is 12. The van der Waals surface area contributed by atoms with Crippen molar-refractivity contribution < 1.29 is 53.5 Å². The zero-order valence-electron chi connectivity index (χ0n) is 18.3. The highest BCUT2D eigenvalue weighted by molar-refractivity contribution is 8.00. The number of carboxylic acids is 2. The Morgan fingerprint density at radius 1 is 1.42 bits per heavy atom. The first-order valence-corrected chi connectivity index (χ1v) is 12.4. The summed E-state index contributed by atoms with van der Waals surface area (Å²) in [7, 11) is -4.89. The summed E-state index contributed by atoms with van der Waals surface area (Å²) in [5.41, 5.74) is 5.48. The molecule has 198 valence electrons. The molecular weight excluding hydrogens is 547 g/mol. The molecule has 2 aliphatic heterocycles. The van der Waals surface area contributed by atoms with Crippen molar-refractivity contribution in [2.24, 2.45) is 5.16 Å². The highest BCUT2D eigenvalue weighted by Gasteiger charge is 2.54. The van der Waals surface area contributed by atoms with E-state index in [9.17, 15) is 24.3 Å². The Balaban J connectivity index is 0.000000983. The van der Waals surface area contributed by atoms with Crippen LogP contribution in [0, 0.1) is 0 Å². The highest BCUT2D eigenvalue weighted by Crippen LogP contribution is 2.40. The number of hydrogen-bond donors (Lipinski definition) is 7. The van der Waals surface area contributed by atoms with Gasteiger partial charge < -0.3 is 46.9 Å². The molecule has 2 atom stereocenters. The minimum Gasteiger partial charge on any atom is -0.756 e. The maximum atomic E-state index is 12.7. The molecule has 36 heavy (non-hydrogen) atoms. The Bertz CT molecular complexity index is 1150. The van der Waals surface area contributed by atoms with Crippen LogP contribution < -0.4 is 22.1 Å². The van der Waals surface area contributed by atoms with Gasteiger partial charge in [0.05, 0.1) is 0 Å². The number of oxime groups is 1. The van der Waals surface area contributed by atoms with Crippen molar-refractivity contribution in [3.8, 4) is 0 Å². The number of carbonyl (C=O) groups excluding carboxylic acids is 2. The molecule has 11 N–H and O–H groups in total. The lowest BCUT2D eigenvalue weighted by molar-refractivity contribution is -0.214. The fourth-order valence-electron chi connectivity index (χ4n) is 2.76. The van der Waals surface area contributed by atoms with Crippen LogP contribution in [0.2, 0.25) is 0 Å². The van der Waals surface area contributed by atoms with Gasteiger partial charge in [0, 0.05) is 11.1 Å². The molecule has 17 nitrogen and oxygen atoms in total. The number of amides is 2. The normalized spacial score (nSPS) is 19.0. The SMILES string of the molecule is C=CC1=C(C(=O)O)N2C(=O)C(NC(=O)/C(=N\OCC(=O)O)c3csc(N)n3)C2SC1.O=P([O-])(O)O.[NH4+]. The number of allylic oxidation sites excluding steroid dienone is 1. The molecule has 1 aromatic heterocycles. The third-order valence-electron chi connectivity index (χ3n) is 4.06. The quantitative estimate of drug-likeness (QED) is 0.0793. The monoisotopic (exact) mass is 568 g/mol. The third-order valence-corrected chi connectivity index (χ3v) is 6.03.